The molecule has 21 heavy (non-hydrogen) atoms. The van der Waals surface area contributed by atoms with Gasteiger partial charge in [0, 0.05) is 19.9 Å². The first-order valence-corrected chi connectivity index (χ1v) is 6.29. The third-order valence-corrected chi connectivity index (χ3v) is 2.70. The van der Waals surface area contributed by atoms with Crippen molar-refractivity contribution in [3.05, 3.63) is 28.7 Å². The molecule has 2 N–H and O–H groups in total. The largest absolute Gasteiger partial charge is 0.480 e. The van der Waals surface area contributed by atoms with Gasteiger partial charge in [-0.15, -0.1) is 0 Å². The van der Waals surface area contributed by atoms with Crippen molar-refractivity contribution in [2.45, 2.75) is 13.0 Å². The van der Waals surface area contributed by atoms with E-state index in [1.165, 1.54) is 32.4 Å². The number of carboxylic acids is 1. The van der Waals surface area contributed by atoms with Gasteiger partial charge in [0.25, 0.3) is 11.5 Å². The lowest BCUT2D eigenvalue weighted by Gasteiger charge is -2.12. The number of pyridine rings is 1. The monoisotopic (exact) mass is 298 g/mol. The van der Waals surface area contributed by atoms with E-state index in [9.17, 15) is 14.4 Å². The number of rotatable bonds is 8. The van der Waals surface area contributed by atoms with E-state index in [-0.39, 0.29) is 12.4 Å². The van der Waals surface area contributed by atoms with Crippen LogP contribution in [0.2, 0.25) is 0 Å². The van der Waals surface area contributed by atoms with Gasteiger partial charge in [0.05, 0.1) is 6.61 Å². The number of nitrogens with zero attached hydrogens (tertiary/aromatic N) is 1. The van der Waals surface area contributed by atoms with Crippen molar-refractivity contribution in [1.82, 2.24) is 9.88 Å². The molecule has 1 atom stereocenters. The van der Waals surface area contributed by atoms with Crippen molar-refractivity contribution in [3.63, 3.8) is 0 Å². The molecule has 1 heterocycles. The Hall–Kier alpha value is -2.35. The minimum atomic E-state index is -1.13. The molecule has 0 spiro atoms. The number of nitrogens with one attached hydrogen (secondary N) is 1. The molecule has 0 aliphatic heterocycles. The van der Waals surface area contributed by atoms with Crippen molar-refractivity contribution in [2.24, 2.45) is 0 Å². The minimum Gasteiger partial charge on any atom is -0.480 e. The Bertz CT molecular complexity index is 554. The fraction of sp³-hybridized carbons (Fsp3) is 0.462. The van der Waals surface area contributed by atoms with Crippen LogP contribution in [-0.4, -0.2) is 48.4 Å². The van der Waals surface area contributed by atoms with Gasteiger partial charge in [-0.05, 0) is 19.1 Å². The van der Waals surface area contributed by atoms with Crippen LogP contribution in [-0.2, 0) is 14.3 Å². The van der Waals surface area contributed by atoms with E-state index in [4.69, 9.17) is 14.6 Å². The quantitative estimate of drug-likeness (QED) is 0.634. The van der Waals surface area contributed by atoms with E-state index < -0.39 is 23.5 Å². The summed E-state index contributed by atoms with van der Waals surface area (Å²) in [5, 5.41) is 11.4. The van der Waals surface area contributed by atoms with Gasteiger partial charge < -0.3 is 19.9 Å². The molecule has 0 saturated carbocycles. The second kappa shape index (κ2) is 8.05. The highest BCUT2D eigenvalue weighted by Crippen LogP contribution is 2.07. The van der Waals surface area contributed by atoms with E-state index in [1.807, 2.05) is 0 Å². The molecule has 1 amide bonds. The fourth-order valence-corrected chi connectivity index (χ4v) is 1.51. The fourth-order valence-electron chi connectivity index (χ4n) is 1.51. The second-order valence-electron chi connectivity index (χ2n) is 4.23. The highest BCUT2D eigenvalue weighted by Gasteiger charge is 2.16. The lowest BCUT2D eigenvalue weighted by molar-refractivity contribution is -0.140. The number of hydrogen-bond acceptors (Lipinski definition) is 5. The molecule has 0 aliphatic rings. The van der Waals surface area contributed by atoms with Crippen LogP contribution in [0.3, 0.4) is 0 Å². The van der Waals surface area contributed by atoms with Gasteiger partial charge in [-0.3, -0.25) is 14.2 Å². The Morgan fingerprint density at radius 2 is 2.19 bits per heavy atom. The maximum absolute atomic E-state index is 12.0. The number of aliphatic carboxylic acids is 1. The summed E-state index contributed by atoms with van der Waals surface area (Å²) in [6.45, 7) is 1.77. The van der Waals surface area contributed by atoms with Crippen LogP contribution in [0, 0.1) is 0 Å². The van der Waals surface area contributed by atoms with Gasteiger partial charge in [0.2, 0.25) is 0 Å². The number of ether oxygens (including phenoxy) is 2. The lowest BCUT2D eigenvalue weighted by atomic mass is 10.3. The van der Waals surface area contributed by atoms with Crippen LogP contribution in [0.15, 0.2) is 23.1 Å². The zero-order chi connectivity index (χ0) is 15.8. The van der Waals surface area contributed by atoms with E-state index in [2.05, 4.69) is 5.32 Å². The Labute approximate surface area is 121 Å². The average Bonchev–Trinajstić information content (AvgIpc) is 2.45. The molecular weight excluding hydrogens is 280 g/mol. The van der Waals surface area contributed by atoms with Gasteiger partial charge in [0.1, 0.15) is 6.04 Å². The molecule has 1 aromatic rings. The first kappa shape index (κ1) is 16.7. The minimum absolute atomic E-state index is 0.0764. The first-order valence-electron chi connectivity index (χ1n) is 6.29. The van der Waals surface area contributed by atoms with Gasteiger partial charge in [-0.1, -0.05) is 0 Å². The van der Waals surface area contributed by atoms with Gasteiger partial charge in [0.15, 0.2) is 12.4 Å². The van der Waals surface area contributed by atoms with Crippen molar-refractivity contribution in [3.8, 4) is 5.75 Å². The summed E-state index contributed by atoms with van der Waals surface area (Å²) in [5.74, 6) is -1.60. The van der Waals surface area contributed by atoms with E-state index in [0.29, 0.717) is 13.2 Å². The van der Waals surface area contributed by atoms with Crippen LogP contribution in [0.25, 0.3) is 0 Å². The van der Waals surface area contributed by atoms with Crippen LogP contribution in [0.4, 0.5) is 0 Å². The molecule has 0 saturated heterocycles. The summed E-state index contributed by atoms with van der Waals surface area (Å²) in [6.07, 6.45) is 1.35. The van der Waals surface area contributed by atoms with Gasteiger partial charge >= 0.3 is 5.97 Å². The summed E-state index contributed by atoms with van der Waals surface area (Å²) < 4.78 is 10.9. The number of methoxy groups -OCH3 is 1. The van der Waals surface area contributed by atoms with E-state index in [1.54, 1.807) is 0 Å². The van der Waals surface area contributed by atoms with Crippen molar-refractivity contribution in [2.75, 3.05) is 26.9 Å². The summed E-state index contributed by atoms with van der Waals surface area (Å²) >= 11 is 0. The Morgan fingerprint density at radius 1 is 1.48 bits per heavy atom. The molecule has 0 fully saturated rings. The molecule has 0 radical (unpaired) electrons. The third-order valence-electron chi connectivity index (χ3n) is 2.70. The Morgan fingerprint density at radius 3 is 2.81 bits per heavy atom. The molecule has 1 rings (SSSR count). The molecule has 0 aromatic carbocycles. The summed E-state index contributed by atoms with van der Waals surface area (Å²) in [5.41, 5.74) is -0.600. The molecule has 116 valence electrons. The molecule has 0 aliphatic carbocycles. The number of carbonyl (C=O) groups is 2. The zero-order valence-corrected chi connectivity index (χ0v) is 11.9. The molecule has 1 unspecified atom stereocenters. The topological polar surface area (TPSA) is 107 Å². The van der Waals surface area contributed by atoms with Gasteiger partial charge in [-0.25, -0.2) is 4.79 Å². The number of amides is 1. The second-order valence-corrected chi connectivity index (χ2v) is 4.23. The van der Waals surface area contributed by atoms with Crippen LogP contribution in [0.5, 0.6) is 5.75 Å². The highest BCUT2D eigenvalue weighted by atomic mass is 16.5. The third kappa shape index (κ3) is 4.92. The predicted molar refractivity (Wildman–Crippen MR) is 73.4 cm³/mol. The Kier molecular flexibility index (Phi) is 6.41. The number of carbonyl (C=O) groups excluding carboxylic acids is 1. The van der Waals surface area contributed by atoms with E-state index in [0.717, 1.165) is 4.57 Å². The van der Waals surface area contributed by atoms with Crippen molar-refractivity contribution >= 4 is 11.9 Å². The van der Waals surface area contributed by atoms with Crippen molar-refractivity contribution < 1.29 is 24.2 Å². The zero-order valence-electron chi connectivity index (χ0n) is 11.9. The van der Waals surface area contributed by atoms with Crippen LogP contribution >= 0.6 is 0 Å². The maximum Gasteiger partial charge on any atom is 0.326 e. The maximum atomic E-state index is 12.0. The number of hydrogen-bond donors (Lipinski definition) is 2. The summed E-state index contributed by atoms with van der Waals surface area (Å²) in [6, 6.07) is 1.85. The molecule has 1 aromatic heterocycles. The summed E-state index contributed by atoms with van der Waals surface area (Å²) in [4.78, 5) is 34.3. The molecule has 0 bridgehead atoms. The molecular formula is C13H18N2O6. The predicted octanol–water partition coefficient (Wildman–Crippen LogP) is -0.365. The summed E-state index contributed by atoms with van der Waals surface area (Å²) in [7, 11) is 1.51. The molecule has 8 nitrogen and oxygen atoms in total. The normalized spacial score (nSPS) is 11.7. The molecule has 8 heteroatoms. The smallest absolute Gasteiger partial charge is 0.326 e. The Balaban J connectivity index is 2.68. The van der Waals surface area contributed by atoms with E-state index >= 15 is 0 Å². The average molecular weight is 298 g/mol. The highest BCUT2D eigenvalue weighted by molar-refractivity contribution is 5.77. The van der Waals surface area contributed by atoms with Crippen LogP contribution < -0.4 is 15.6 Å². The van der Waals surface area contributed by atoms with Crippen LogP contribution in [0.1, 0.15) is 13.0 Å². The van der Waals surface area contributed by atoms with Gasteiger partial charge in [-0.2, -0.15) is 0 Å². The first-order chi connectivity index (χ1) is 9.97. The standard InChI is InChI=1S/C13H18N2O6/c1-9(13(18)19)15-6-3-4-10(12(15)17)21-8-11(16)14-5-7-20-2/h3-4,6,9H,5,7-8H2,1-2H3,(H,14,16)(H,18,19). The van der Waals surface area contributed by atoms with Crippen molar-refractivity contribution in [1.29, 1.82) is 0 Å². The SMILES string of the molecule is COCCNC(=O)COc1cccn(C(C)C(=O)O)c1=O. The number of aromatic nitrogens is 1. The lowest BCUT2D eigenvalue weighted by Crippen LogP contribution is -2.33. The number of carboxylic acid groups (broad SMARTS) is 1.